The highest BCUT2D eigenvalue weighted by Crippen LogP contribution is 2.48. The average molecular weight is 273 g/mol. The van der Waals surface area contributed by atoms with E-state index in [-0.39, 0.29) is 11.6 Å². The van der Waals surface area contributed by atoms with Gasteiger partial charge in [0, 0.05) is 24.2 Å². The van der Waals surface area contributed by atoms with Gasteiger partial charge in [-0.1, -0.05) is 38.1 Å². The molecule has 1 aliphatic heterocycles. The number of ketones is 2. The third-order valence-corrected chi connectivity index (χ3v) is 4.05. The van der Waals surface area contributed by atoms with Crippen molar-refractivity contribution in [3.05, 3.63) is 35.4 Å². The summed E-state index contributed by atoms with van der Waals surface area (Å²) in [6.45, 7) is 5.68. The highest BCUT2D eigenvalue weighted by atomic mass is 16.6. The predicted molar refractivity (Wildman–Crippen MR) is 74.9 cm³/mol. The fourth-order valence-electron chi connectivity index (χ4n) is 3.15. The summed E-state index contributed by atoms with van der Waals surface area (Å²) in [5.41, 5.74) is -0.00990. The van der Waals surface area contributed by atoms with Crippen molar-refractivity contribution in [2.75, 3.05) is 13.1 Å². The van der Waals surface area contributed by atoms with Gasteiger partial charge in [0.15, 0.2) is 11.9 Å². The number of epoxide rings is 1. The van der Waals surface area contributed by atoms with Crippen LogP contribution in [-0.4, -0.2) is 41.4 Å². The summed E-state index contributed by atoms with van der Waals surface area (Å²) in [5.74, 6) is -0.114. The Morgan fingerprint density at radius 2 is 1.70 bits per heavy atom. The number of Topliss-reactive ketones (excluding diaryl/α,β-unsaturated/α-hetero) is 2. The zero-order chi connectivity index (χ0) is 14.3. The molecule has 1 saturated heterocycles. The molecular weight excluding hydrogens is 254 g/mol. The van der Waals surface area contributed by atoms with Crippen LogP contribution >= 0.6 is 0 Å². The lowest BCUT2D eigenvalue weighted by Gasteiger charge is -2.30. The highest BCUT2D eigenvalue weighted by Gasteiger charge is 2.71. The number of rotatable bonds is 5. The molecule has 3 rings (SSSR count). The van der Waals surface area contributed by atoms with Gasteiger partial charge in [0.25, 0.3) is 0 Å². The van der Waals surface area contributed by atoms with Gasteiger partial charge in [0.2, 0.25) is 11.5 Å². The van der Waals surface area contributed by atoms with E-state index in [2.05, 4.69) is 13.8 Å². The van der Waals surface area contributed by atoms with E-state index in [0.717, 1.165) is 25.9 Å². The Bertz CT molecular complexity index is 563. The average Bonchev–Trinajstić information content (AvgIpc) is 3.22. The van der Waals surface area contributed by atoms with Gasteiger partial charge in [0.05, 0.1) is 0 Å². The second-order valence-electron chi connectivity index (χ2n) is 5.42. The molecule has 1 aromatic rings. The van der Waals surface area contributed by atoms with Crippen LogP contribution in [0.1, 0.15) is 47.4 Å². The molecule has 2 atom stereocenters. The van der Waals surface area contributed by atoms with Crippen molar-refractivity contribution in [1.82, 2.24) is 4.90 Å². The van der Waals surface area contributed by atoms with Gasteiger partial charge in [-0.05, 0) is 12.8 Å². The zero-order valence-corrected chi connectivity index (χ0v) is 11.9. The molecule has 4 heteroatoms. The van der Waals surface area contributed by atoms with E-state index in [4.69, 9.17) is 4.74 Å². The maximum atomic E-state index is 12.8. The Morgan fingerprint density at radius 3 is 2.30 bits per heavy atom. The molecule has 2 unspecified atom stereocenters. The standard InChI is InChI=1S/C16H19NO3/c1-3-9-17(10-4-2)16-14(19)12-8-6-5-7-11(12)13(18)15(16)20-16/h5-8,15H,3-4,9-10H2,1-2H3. The monoisotopic (exact) mass is 273 g/mol. The molecule has 0 N–H and O–H groups in total. The summed E-state index contributed by atoms with van der Waals surface area (Å²) >= 11 is 0. The topological polar surface area (TPSA) is 49.9 Å². The predicted octanol–water partition coefficient (Wildman–Crippen LogP) is 2.28. The van der Waals surface area contributed by atoms with E-state index in [1.807, 2.05) is 4.90 Å². The summed E-state index contributed by atoms with van der Waals surface area (Å²) in [6, 6.07) is 7.02. The molecule has 0 spiro atoms. The van der Waals surface area contributed by atoms with Crippen LogP contribution in [0.5, 0.6) is 0 Å². The van der Waals surface area contributed by atoms with E-state index in [1.54, 1.807) is 24.3 Å². The van der Waals surface area contributed by atoms with Gasteiger partial charge in [-0.2, -0.15) is 0 Å². The van der Waals surface area contributed by atoms with Crippen LogP contribution in [0, 0.1) is 0 Å². The van der Waals surface area contributed by atoms with Crippen LogP contribution < -0.4 is 0 Å². The van der Waals surface area contributed by atoms with Crippen LogP contribution in [0.3, 0.4) is 0 Å². The lowest BCUT2D eigenvalue weighted by molar-refractivity contribution is 0.0500. The molecule has 0 radical (unpaired) electrons. The van der Waals surface area contributed by atoms with Crippen LogP contribution in [0.4, 0.5) is 0 Å². The molecular formula is C16H19NO3. The molecule has 1 aliphatic carbocycles. The Hall–Kier alpha value is -1.52. The van der Waals surface area contributed by atoms with Crippen molar-refractivity contribution in [2.24, 2.45) is 0 Å². The van der Waals surface area contributed by atoms with Crippen LogP contribution in [-0.2, 0) is 4.74 Å². The lowest BCUT2D eigenvalue weighted by Crippen LogP contribution is -2.51. The lowest BCUT2D eigenvalue weighted by atomic mass is 9.85. The number of carbonyl (C=O) groups excluding carboxylic acids is 2. The van der Waals surface area contributed by atoms with Crippen LogP contribution in [0.25, 0.3) is 0 Å². The zero-order valence-electron chi connectivity index (χ0n) is 11.9. The molecule has 20 heavy (non-hydrogen) atoms. The third-order valence-electron chi connectivity index (χ3n) is 4.05. The Balaban J connectivity index is 2.02. The first-order valence-corrected chi connectivity index (χ1v) is 7.27. The summed E-state index contributed by atoms with van der Waals surface area (Å²) in [5, 5.41) is 0. The van der Waals surface area contributed by atoms with E-state index < -0.39 is 11.8 Å². The molecule has 106 valence electrons. The minimum absolute atomic E-state index is 0.0559. The first-order valence-electron chi connectivity index (χ1n) is 7.27. The van der Waals surface area contributed by atoms with Gasteiger partial charge >= 0.3 is 0 Å². The molecule has 4 nitrogen and oxygen atoms in total. The minimum Gasteiger partial charge on any atom is -0.333 e. The van der Waals surface area contributed by atoms with E-state index >= 15 is 0 Å². The van der Waals surface area contributed by atoms with Crippen molar-refractivity contribution < 1.29 is 14.3 Å². The molecule has 1 aromatic carbocycles. The molecule has 1 fully saturated rings. The quantitative estimate of drug-likeness (QED) is 0.772. The Morgan fingerprint density at radius 1 is 1.10 bits per heavy atom. The largest absolute Gasteiger partial charge is 0.333 e. The van der Waals surface area contributed by atoms with Gasteiger partial charge in [0.1, 0.15) is 0 Å². The number of hydrogen-bond acceptors (Lipinski definition) is 4. The minimum atomic E-state index is -1.02. The van der Waals surface area contributed by atoms with Crippen molar-refractivity contribution >= 4 is 11.6 Å². The maximum absolute atomic E-state index is 12.8. The highest BCUT2D eigenvalue weighted by molar-refractivity contribution is 6.22. The van der Waals surface area contributed by atoms with Crippen molar-refractivity contribution in [3.63, 3.8) is 0 Å². The number of carbonyl (C=O) groups is 2. The summed E-state index contributed by atoms with van der Waals surface area (Å²) < 4.78 is 5.67. The first-order chi connectivity index (χ1) is 9.66. The number of nitrogens with zero attached hydrogens (tertiary/aromatic N) is 1. The molecule has 0 saturated carbocycles. The summed E-state index contributed by atoms with van der Waals surface area (Å²) in [6.07, 6.45) is 1.25. The fraction of sp³-hybridized carbons (Fsp3) is 0.500. The fourth-order valence-corrected chi connectivity index (χ4v) is 3.15. The number of benzene rings is 1. The summed E-state index contributed by atoms with van der Waals surface area (Å²) in [7, 11) is 0. The van der Waals surface area contributed by atoms with Crippen LogP contribution in [0.2, 0.25) is 0 Å². The first kappa shape index (κ1) is 13.5. The van der Waals surface area contributed by atoms with E-state index in [0.29, 0.717) is 11.1 Å². The smallest absolute Gasteiger partial charge is 0.221 e. The van der Waals surface area contributed by atoms with Gasteiger partial charge in [-0.15, -0.1) is 0 Å². The van der Waals surface area contributed by atoms with Crippen molar-refractivity contribution in [2.45, 2.75) is 38.5 Å². The van der Waals surface area contributed by atoms with Gasteiger partial charge < -0.3 is 4.74 Å². The Kier molecular flexibility index (Phi) is 3.22. The van der Waals surface area contributed by atoms with Crippen molar-refractivity contribution in [1.29, 1.82) is 0 Å². The van der Waals surface area contributed by atoms with E-state index in [9.17, 15) is 9.59 Å². The van der Waals surface area contributed by atoms with E-state index in [1.165, 1.54) is 0 Å². The van der Waals surface area contributed by atoms with Gasteiger partial charge in [-0.3, -0.25) is 14.5 Å². The Labute approximate surface area is 118 Å². The van der Waals surface area contributed by atoms with Crippen molar-refractivity contribution in [3.8, 4) is 0 Å². The molecule has 2 aliphatic rings. The summed E-state index contributed by atoms with van der Waals surface area (Å²) in [4.78, 5) is 27.3. The second-order valence-corrected chi connectivity index (χ2v) is 5.42. The molecule has 0 amide bonds. The second kappa shape index (κ2) is 4.79. The normalized spacial score (nSPS) is 27.4. The SMILES string of the molecule is CCCN(CCC)C12OC1C(=O)c1ccccc1C2=O. The van der Waals surface area contributed by atoms with Gasteiger partial charge in [-0.25, -0.2) is 0 Å². The molecule has 0 aromatic heterocycles. The third kappa shape index (κ3) is 1.68. The maximum Gasteiger partial charge on any atom is 0.221 e. The number of hydrogen-bond donors (Lipinski definition) is 0. The molecule has 1 heterocycles. The van der Waals surface area contributed by atoms with Crippen LogP contribution in [0.15, 0.2) is 24.3 Å². The number of fused-ring (bicyclic) bond motifs is 2. The molecule has 0 bridgehead atoms. The number of ether oxygens (including phenoxy) is 1.